The van der Waals surface area contributed by atoms with Gasteiger partial charge in [0, 0.05) is 24.2 Å². The third-order valence-electron chi connectivity index (χ3n) is 5.39. The minimum absolute atomic E-state index is 0.0762. The van der Waals surface area contributed by atoms with Crippen LogP contribution in [-0.4, -0.2) is 41.1 Å². The van der Waals surface area contributed by atoms with Crippen LogP contribution in [0.3, 0.4) is 0 Å². The Morgan fingerprint density at radius 3 is 1.94 bits per heavy atom. The summed E-state index contributed by atoms with van der Waals surface area (Å²) in [5.41, 5.74) is 1.17. The van der Waals surface area contributed by atoms with E-state index >= 15 is 0 Å². The first-order valence-electron chi connectivity index (χ1n) is 10.6. The number of rotatable bonds is 8. The predicted molar refractivity (Wildman–Crippen MR) is 122 cm³/mol. The van der Waals surface area contributed by atoms with Crippen molar-refractivity contribution < 1.29 is 28.2 Å². The van der Waals surface area contributed by atoms with E-state index in [1.54, 1.807) is 31.2 Å². The van der Waals surface area contributed by atoms with Crippen LogP contribution in [-0.2, 0) is 4.79 Å². The number of carbonyl (C=O) groups is 2. The largest absolute Gasteiger partial charge is 0.503 e. The smallest absolute Gasteiger partial charge is 0.274 e. The van der Waals surface area contributed by atoms with Gasteiger partial charge in [0.05, 0.1) is 7.11 Å². The van der Waals surface area contributed by atoms with Crippen molar-refractivity contribution in [2.45, 2.75) is 31.8 Å². The number of hydrogen-bond donors (Lipinski definition) is 3. The van der Waals surface area contributed by atoms with Crippen molar-refractivity contribution in [3.63, 3.8) is 0 Å². The molecular formula is C25H25F2N3O4. The highest BCUT2D eigenvalue weighted by Crippen LogP contribution is 2.29. The van der Waals surface area contributed by atoms with E-state index in [4.69, 9.17) is 4.74 Å². The quantitative estimate of drug-likeness (QED) is 0.469. The van der Waals surface area contributed by atoms with Gasteiger partial charge in [-0.3, -0.25) is 9.59 Å². The van der Waals surface area contributed by atoms with Crippen LogP contribution >= 0.6 is 0 Å². The molecule has 9 heteroatoms. The molecule has 0 radical (unpaired) electrons. The maximum absolute atomic E-state index is 13.5. The van der Waals surface area contributed by atoms with E-state index < -0.39 is 47.2 Å². The summed E-state index contributed by atoms with van der Waals surface area (Å²) < 4.78 is 31.9. The average molecular weight is 469 g/mol. The van der Waals surface area contributed by atoms with E-state index in [0.717, 1.165) is 11.1 Å². The summed E-state index contributed by atoms with van der Waals surface area (Å²) in [5, 5.41) is 15.5. The molecule has 0 bridgehead atoms. The van der Waals surface area contributed by atoms with Crippen LogP contribution in [0, 0.1) is 11.6 Å². The molecule has 0 aliphatic rings. The van der Waals surface area contributed by atoms with Gasteiger partial charge in [-0.15, -0.1) is 0 Å². The summed E-state index contributed by atoms with van der Waals surface area (Å²) in [5.74, 6) is -2.80. The van der Waals surface area contributed by atoms with Crippen LogP contribution in [0.1, 0.15) is 41.4 Å². The highest BCUT2D eigenvalue weighted by Gasteiger charge is 2.27. The predicted octanol–water partition coefficient (Wildman–Crippen LogP) is 3.53. The number of methoxy groups -OCH3 is 1. The minimum atomic E-state index is -0.968. The maximum Gasteiger partial charge on any atom is 0.274 e. The first-order chi connectivity index (χ1) is 16.2. The molecule has 2 aromatic carbocycles. The number of halogens is 2. The molecule has 1 heterocycles. The van der Waals surface area contributed by atoms with Crippen LogP contribution in [0.25, 0.3) is 0 Å². The van der Waals surface area contributed by atoms with Gasteiger partial charge < -0.3 is 20.5 Å². The first kappa shape index (κ1) is 24.6. The second kappa shape index (κ2) is 10.7. The number of nitrogens with one attached hydrogen (secondary N) is 2. The molecular weight excluding hydrogens is 444 g/mol. The molecule has 2 atom stereocenters. The van der Waals surface area contributed by atoms with Crippen molar-refractivity contribution in [2.75, 3.05) is 7.11 Å². The average Bonchev–Trinajstić information content (AvgIpc) is 2.81. The lowest BCUT2D eigenvalue weighted by Crippen LogP contribution is -2.49. The first-order valence-corrected chi connectivity index (χ1v) is 10.6. The zero-order valence-corrected chi connectivity index (χ0v) is 18.9. The minimum Gasteiger partial charge on any atom is -0.503 e. The van der Waals surface area contributed by atoms with Gasteiger partial charge in [0.2, 0.25) is 5.91 Å². The molecule has 3 N–H and O–H groups in total. The van der Waals surface area contributed by atoms with Crippen LogP contribution in [0.4, 0.5) is 8.78 Å². The molecule has 0 aliphatic carbocycles. The zero-order chi connectivity index (χ0) is 24.8. The number of benzene rings is 2. The molecule has 2 amide bonds. The zero-order valence-electron chi connectivity index (χ0n) is 18.9. The Labute approximate surface area is 195 Å². The van der Waals surface area contributed by atoms with Gasteiger partial charge in [0.25, 0.3) is 5.91 Å². The molecule has 3 rings (SSSR count). The summed E-state index contributed by atoms with van der Waals surface area (Å²) in [6, 6.07) is 11.6. The van der Waals surface area contributed by atoms with Crippen LogP contribution in [0.5, 0.6) is 11.5 Å². The van der Waals surface area contributed by atoms with Crippen molar-refractivity contribution in [1.82, 2.24) is 15.6 Å². The molecule has 1 aromatic heterocycles. The molecule has 0 fully saturated rings. The van der Waals surface area contributed by atoms with E-state index in [1.165, 1.54) is 50.6 Å². The molecule has 0 unspecified atom stereocenters. The van der Waals surface area contributed by atoms with E-state index in [-0.39, 0.29) is 11.4 Å². The topological polar surface area (TPSA) is 101 Å². The lowest BCUT2D eigenvalue weighted by atomic mass is 9.85. The number of ether oxygens (including phenoxy) is 1. The van der Waals surface area contributed by atoms with Crippen molar-refractivity contribution in [1.29, 1.82) is 0 Å². The molecule has 0 aliphatic heterocycles. The summed E-state index contributed by atoms with van der Waals surface area (Å²) >= 11 is 0. The summed E-state index contributed by atoms with van der Waals surface area (Å²) in [6.07, 6.45) is 1.30. The number of aromatic hydroxyl groups is 1. The van der Waals surface area contributed by atoms with E-state index in [1.807, 2.05) is 0 Å². The number of hydrogen-bond acceptors (Lipinski definition) is 5. The fourth-order valence-electron chi connectivity index (χ4n) is 3.64. The van der Waals surface area contributed by atoms with Crippen molar-refractivity contribution in [3.05, 3.63) is 89.2 Å². The van der Waals surface area contributed by atoms with Gasteiger partial charge in [-0.2, -0.15) is 0 Å². The molecule has 34 heavy (non-hydrogen) atoms. The van der Waals surface area contributed by atoms with Crippen molar-refractivity contribution in [3.8, 4) is 11.5 Å². The normalized spacial score (nSPS) is 12.6. The maximum atomic E-state index is 13.5. The number of pyridine rings is 1. The monoisotopic (exact) mass is 469 g/mol. The third kappa shape index (κ3) is 5.67. The lowest BCUT2D eigenvalue weighted by Gasteiger charge is -2.27. The Balaban J connectivity index is 1.76. The van der Waals surface area contributed by atoms with E-state index in [2.05, 4.69) is 15.6 Å². The number of aromatic nitrogens is 1. The Hall–Kier alpha value is -4.01. The molecule has 0 spiro atoms. The number of amides is 2. The van der Waals surface area contributed by atoms with Crippen molar-refractivity contribution >= 4 is 11.8 Å². The second-order valence-corrected chi connectivity index (χ2v) is 7.78. The van der Waals surface area contributed by atoms with Crippen LogP contribution in [0.15, 0.2) is 60.8 Å². The highest BCUT2D eigenvalue weighted by atomic mass is 19.1. The van der Waals surface area contributed by atoms with Crippen LogP contribution in [0.2, 0.25) is 0 Å². The number of carbonyl (C=O) groups excluding carboxylic acids is 2. The third-order valence-corrected chi connectivity index (χ3v) is 5.39. The molecule has 0 saturated heterocycles. The van der Waals surface area contributed by atoms with Gasteiger partial charge in [0.15, 0.2) is 17.2 Å². The van der Waals surface area contributed by atoms with Crippen molar-refractivity contribution in [2.24, 2.45) is 0 Å². The Morgan fingerprint density at radius 1 is 0.912 bits per heavy atom. The van der Waals surface area contributed by atoms with Gasteiger partial charge >= 0.3 is 0 Å². The van der Waals surface area contributed by atoms with Crippen LogP contribution < -0.4 is 15.4 Å². The van der Waals surface area contributed by atoms with Gasteiger partial charge in [-0.25, -0.2) is 13.8 Å². The lowest BCUT2D eigenvalue weighted by molar-refractivity contribution is -0.123. The Kier molecular flexibility index (Phi) is 7.78. The fourth-order valence-corrected chi connectivity index (χ4v) is 3.64. The summed E-state index contributed by atoms with van der Waals surface area (Å²) in [7, 11) is 1.34. The molecule has 3 aromatic rings. The Bertz CT molecular complexity index is 1110. The van der Waals surface area contributed by atoms with E-state index in [0.29, 0.717) is 0 Å². The van der Waals surface area contributed by atoms with E-state index in [9.17, 15) is 23.5 Å². The second-order valence-electron chi connectivity index (χ2n) is 7.78. The summed E-state index contributed by atoms with van der Waals surface area (Å²) in [6.45, 7) is 3.25. The fraction of sp³-hybridized carbons (Fsp3) is 0.240. The summed E-state index contributed by atoms with van der Waals surface area (Å²) in [4.78, 5) is 29.2. The SMILES string of the molecule is COc1ccnc(C(=O)N[C@@H](C)C(=O)N[C@@H](C)C(c2ccc(F)cc2)c2ccc(F)cc2)c1O. The Morgan fingerprint density at radius 2 is 1.44 bits per heavy atom. The highest BCUT2D eigenvalue weighted by molar-refractivity contribution is 5.98. The van der Waals surface area contributed by atoms with Gasteiger partial charge in [-0.05, 0) is 49.2 Å². The standard InChI is InChI=1S/C25H25F2N3O4/c1-14(21(16-4-8-18(26)9-5-16)17-6-10-19(27)11-7-17)29-24(32)15(2)30-25(33)22-23(31)20(34-3)12-13-28-22/h4-15,21,31H,1-3H3,(H,29,32)(H,30,33)/t14-,15-/m0/s1. The molecule has 178 valence electrons. The van der Waals surface area contributed by atoms with Gasteiger partial charge in [-0.1, -0.05) is 24.3 Å². The van der Waals surface area contributed by atoms with Gasteiger partial charge in [0.1, 0.15) is 17.7 Å². The molecule has 7 nitrogen and oxygen atoms in total. The number of nitrogens with zero attached hydrogens (tertiary/aromatic N) is 1. The molecule has 0 saturated carbocycles.